The van der Waals surface area contributed by atoms with Crippen LogP contribution in [0.5, 0.6) is 0 Å². The minimum absolute atomic E-state index is 0.0213. The maximum atomic E-state index is 13.1. The zero-order valence-corrected chi connectivity index (χ0v) is 18.2. The molecule has 0 radical (unpaired) electrons. The van der Waals surface area contributed by atoms with Crippen LogP contribution >= 0.6 is 11.3 Å². The lowest BCUT2D eigenvalue weighted by atomic mass is 9.95. The van der Waals surface area contributed by atoms with Crippen LogP contribution < -0.4 is 10.6 Å². The largest absolute Gasteiger partial charge is 0.348 e. The van der Waals surface area contributed by atoms with Gasteiger partial charge in [-0.1, -0.05) is 30.3 Å². The average molecular weight is 445 g/mol. The molecule has 6 nitrogen and oxygen atoms in total. The summed E-state index contributed by atoms with van der Waals surface area (Å²) in [5.41, 5.74) is 2.41. The summed E-state index contributed by atoms with van der Waals surface area (Å²) in [7, 11) is -3.08. The highest BCUT2D eigenvalue weighted by atomic mass is 32.2. The maximum Gasteiger partial charge on any atom is 0.254 e. The standard InChI is InChI=1S/C22H24N2O4S2/c25-19(11-10-15-6-2-1-3-7-15)24-22-20(17-8-4-5-9-18(17)29-22)21(26)23-16-12-13-30(27,28)14-16/h1-3,6-7,10-11,16H,4-5,8-9,12-14H2,(H,23,26)(H,24,25)/b11-10+. The van der Waals surface area contributed by atoms with Crippen molar-refractivity contribution in [1.82, 2.24) is 5.32 Å². The lowest BCUT2D eigenvalue weighted by Crippen LogP contribution is -2.36. The Kier molecular flexibility index (Phi) is 6.06. The molecule has 1 aliphatic carbocycles. The van der Waals surface area contributed by atoms with Gasteiger partial charge in [-0.15, -0.1) is 11.3 Å². The minimum Gasteiger partial charge on any atom is -0.348 e. The van der Waals surface area contributed by atoms with Gasteiger partial charge in [0, 0.05) is 17.0 Å². The van der Waals surface area contributed by atoms with E-state index in [1.54, 1.807) is 6.08 Å². The Balaban J connectivity index is 1.54. The van der Waals surface area contributed by atoms with Gasteiger partial charge in [-0.05, 0) is 49.3 Å². The second kappa shape index (κ2) is 8.73. The van der Waals surface area contributed by atoms with E-state index in [0.717, 1.165) is 41.7 Å². The molecule has 0 spiro atoms. The molecule has 1 fully saturated rings. The van der Waals surface area contributed by atoms with Gasteiger partial charge in [0.05, 0.1) is 17.1 Å². The first-order valence-corrected chi connectivity index (χ1v) is 12.7. The number of hydrogen-bond donors (Lipinski definition) is 2. The summed E-state index contributed by atoms with van der Waals surface area (Å²) in [4.78, 5) is 26.7. The number of benzene rings is 1. The Hall–Kier alpha value is -2.45. The van der Waals surface area contributed by atoms with Crippen LogP contribution in [-0.4, -0.2) is 37.8 Å². The number of aryl methyl sites for hydroxylation is 1. The molecule has 8 heteroatoms. The maximum absolute atomic E-state index is 13.1. The summed E-state index contributed by atoms with van der Waals surface area (Å²) < 4.78 is 23.5. The summed E-state index contributed by atoms with van der Waals surface area (Å²) in [6.45, 7) is 0. The molecule has 4 rings (SSSR count). The van der Waals surface area contributed by atoms with E-state index < -0.39 is 9.84 Å². The minimum atomic E-state index is -3.08. The number of fused-ring (bicyclic) bond motifs is 1. The Morgan fingerprint density at radius 1 is 1.10 bits per heavy atom. The fourth-order valence-corrected chi connectivity index (χ4v) is 6.91. The number of nitrogens with one attached hydrogen (secondary N) is 2. The van der Waals surface area contributed by atoms with Gasteiger partial charge in [-0.25, -0.2) is 8.42 Å². The molecule has 2 aliphatic rings. The summed E-state index contributed by atoms with van der Waals surface area (Å²) in [6.07, 6.45) is 7.38. The van der Waals surface area contributed by atoms with Crippen LogP contribution in [0.3, 0.4) is 0 Å². The van der Waals surface area contributed by atoms with Gasteiger partial charge in [0.15, 0.2) is 9.84 Å². The lowest BCUT2D eigenvalue weighted by molar-refractivity contribution is -0.111. The van der Waals surface area contributed by atoms with Crippen molar-refractivity contribution in [2.75, 3.05) is 16.8 Å². The van der Waals surface area contributed by atoms with Gasteiger partial charge in [-0.2, -0.15) is 0 Å². The Bertz CT molecular complexity index is 1090. The van der Waals surface area contributed by atoms with E-state index in [-0.39, 0.29) is 29.4 Å². The molecule has 0 saturated carbocycles. The van der Waals surface area contributed by atoms with Gasteiger partial charge in [0.1, 0.15) is 5.00 Å². The van der Waals surface area contributed by atoms with E-state index in [4.69, 9.17) is 0 Å². The molecule has 2 amide bonds. The molecule has 2 N–H and O–H groups in total. The first-order chi connectivity index (χ1) is 14.4. The predicted molar refractivity (Wildman–Crippen MR) is 120 cm³/mol. The number of sulfone groups is 1. The summed E-state index contributed by atoms with van der Waals surface area (Å²) in [6, 6.07) is 9.15. The third kappa shape index (κ3) is 4.82. The lowest BCUT2D eigenvalue weighted by Gasteiger charge is -2.15. The van der Waals surface area contributed by atoms with Gasteiger partial charge >= 0.3 is 0 Å². The topological polar surface area (TPSA) is 92.3 Å². The Labute approximate surface area is 180 Å². The number of anilines is 1. The monoisotopic (exact) mass is 444 g/mol. The molecule has 2 heterocycles. The number of hydrogen-bond acceptors (Lipinski definition) is 5. The van der Waals surface area contributed by atoms with Crippen molar-refractivity contribution in [3.63, 3.8) is 0 Å². The van der Waals surface area contributed by atoms with E-state index in [1.165, 1.54) is 17.4 Å². The zero-order chi connectivity index (χ0) is 21.1. The van der Waals surface area contributed by atoms with E-state index in [0.29, 0.717) is 17.0 Å². The molecule has 0 bridgehead atoms. The third-order valence-corrected chi connectivity index (χ3v) is 8.40. The van der Waals surface area contributed by atoms with Crippen LogP contribution in [0.4, 0.5) is 5.00 Å². The van der Waals surface area contributed by atoms with E-state index >= 15 is 0 Å². The van der Waals surface area contributed by atoms with Crippen LogP contribution in [0.1, 0.15) is 45.6 Å². The van der Waals surface area contributed by atoms with E-state index in [9.17, 15) is 18.0 Å². The molecule has 1 aromatic heterocycles. The Morgan fingerprint density at radius 3 is 2.60 bits per heavy atom. The van der Waals surface area contributed by atoms with Gasteiger partial charge in [0.25, 0.3) is 5.91 Å². The normalized spacial score (nSPS) is 20.1. The second-order valence-corrected chi connectivity index (χ2v) is 11.1. The summed E-state index contributed by atoms with van der Waals surface area (Å²) in [5.74, 6) is -0.506. The molecule has 1 aliphatic heterocycles. The quantitative estimate of drug-likeness (QED) is 0.693. The van der Waals surface area contributed by atoms with Gasteiger partial charge in [0.2, 0.25) is 5.91 Å². The predicted octanol–water partition coefficient (Wildman–Crippen LogP) is 3.20. The molecular formula is C22H24N2O4S2. The molecule has 2 aromatic rings. The molecule has 30 heavy (non-hydrogen) atoms. The molecule has 1 saturated heterocycles. The van der Waals surface area contributed by atoms with Crippen LogP contribution in [0.15, 0.2) is 36.4 Å². The Morgan fingerprint density at radius 2 is 1.87 bits per heavy atom. The van der Waals surface area contributed by atoms with Gasteiger partial charge in [-0.3, -0.25) is 9.59 Å². The van der Waals surface area contributed by atoms with E-state index in [1.807, 2.05) is 30.3 Å². The first kappa shape index (κ1) is 20.8. The molecule has 1 atom stereocenters. The van der Waals surface area contributed by atoms with Crippen molar-refractivity contribution in [2.45, 2.75) is 38.1 Å². The first-order valence-electron chi connectivity index (χ1n) is 10.1. The number of carbonyl (C=O) groups excluding carboxylic acids is 2. The SMILES string of the molecule is O=C(/C=C/c1ccccc1)Nc1sc2c(c1C(=O)NC1CCS(=O)(=O)C1)CCCC2. The van der Waals surface area contributed by atoms with Gasteiger partial charge < -0.3 is 10.6 Å². The zero-order valence-electron chi connectivity index (χ0n) is 16.5. The number of thiophene rings is 1. The highest BCUT2D eigenvalue weighted by molar-refractivity contribution is 7.91. The van der Waals surface area contributed by atoms with Crippen LogP contribution in [0.25, 0.3) is 6.08 Å². The fourth-order valence-electron chi connectivity index (χ4n) is 3.95. The fraction of sp³-hybridized carbons (Fsp3) is 0.364. The van der Waals surface area contributed by atoms with Crippen molar-refractivity contribution in [3.05, 3.63) is 58.0 Å². The van der Waals surface area contributed by atoms with Crippen molar-refractivity contribution >= 4 is 44.1 Å². The smallest absolute Gasteiger partial charge is 0.254 e. The highest BCUT2D eigenvalue weighted by Crippen LogP contribution is 2.38. The van der Waals surface area contributed by atoms with Crippen molar-refractivity contribution < 1.29 is 18.0 Å². The third-order valence-electron chi connectivity index (χ3n) is 5.43. The van der Waals surface area contributed by atoms with Crippen molar-refractivity contribution in [3.8, 4) is 0 Å². The van der Waals surface area contributed by atoms with Crippen LogP contribution in [-0.2, 0) is 27.5 Å². The second-order valence-electron chi connectivity index (χ2n) is 7.72. The molecule has 1 unspecified atom stereocenters. The number of amides is 2. The summed E-state index contributed by atoms with van der Waals surface area (Å²) >= 11 is 1.45. The highest BCUT2D eigenvalue weighted by Gasteiger charge is 2.32. The van der Waals surface area contributed by atoms with Crippen molar-refractivity contribution in [2.24, 2.45) is 0 Å². The summed E-state index contributed by atoms with van der Waals surface area (Å²) in [5, 5.41) is 6.30. The van der Waals surface area contributed by atoms with E-state index in [2.05, 4.69) is 10.6 Å². The molecule has 158 valence electrons. The molecular weight excluding hydrogens is 420 g/mol. The number of carbonyl (C=O) groups is 2. The average Bonchev–Trinajstić information content (AvgIpc) is 3.25. The van der Waals surface area contributed by atoms with Crippen LogP contribution in [0.2, 0.25) is 0 Å². The van der Waals surface area contributed by atoms with Crippen molar-refractivity contribution in [1.29, 1.82) is 0 Å². The van der Waals surface area contributed by atoms with Crippen LogP contribution in [0, 0.1) is 0 Å². The number of rotatable bonds is 5. The molecule has 1 aromatic carbocycles.